The van der Waals surface area contributed by atoms with Crippen molar-refractivity contribution in [1.29, 1.82) is 0 Å². The Morgan fingerprint density at radius 1 is 1.24 bits per heavy atom. The summed E-state index contributed by atoms with van der Waals surface area (Å²) in [6.45, 7) is 11.6. The average molecular weight is 402 g/mol. The Morgan fingerprint density at radius 2 is 1.93 bits per heavy atom. The van der Waals surface area contributed by atoms with Gasteiger partial charge in [-0.3, -0.25) is 9.59 Å². The van der Waals surface area contributed by atoms with E-state index in [-0.39, 0.29) is 23.8 Å². The number of hydrogen-bond acceptors (Lipinski definition) is 5. The number of nitrogens with zero attached hydrogens (tertiary/aromatic N) is 4. The highest BCUT2D eigenvalue weighted by atomic mass is 16.5. The molecule has 29 heavy (non-hydrogen) atoms. The topological polar surface area (TPSA) is 93.3 Å². The number of aromatic nitrogens is 3. The fourth-order valence-corrected chi connectivity index (χ4v) is 3.90. The first kappa shape index (κ1) is 21.1. The molecule has 0 spiro atoms. The number of piperidine rings is 1. The molecule has 158 valence electrons. The van der Waals surface area contributed by atoms with E-state index in [0.717, 1.165) is 18.7 Å². The lowest BCUT2D eigenvalue weighted by molar-refractivity contribution is -0.124. The fraction of sp³-hybridized carbons (Fsp3) is 0.619. The molecule has 3 heterocycles. The van der Waals surface area contributed by atoms with Crippen LogP contribution in [-0.2, 0) is 4.79 Å². The van der Waals surface area contributed by atoms with Crippen LogP contribution in [0.25, 0.3) is 0 Å². The van der Waals surface area contributed by atoms with E-state index >= 15 is 0 Å². The molecule has 8 nitrogen and oxygen atoms in total. The van der Waals surface area contributed by atoms with Crippen molar-refractivity contribution in [2.45, 2.75) is 59.4 Å². The number of carbonyl (C=O) groups is 2. The zero-order valence-corrected chi connectivity index (χ0v) is 17.9. The summed E-state index contributed by atoms with van der Waals surface area (Å²) in [4.78, 5) is 31.6. The molecule has 3 rings (SSSR count). The van der Waals surface area contributed by atoms with Crippen molar-refractivity contribution in [2.24, 2.45) is 5.92 Å². The summed E-state index contributed by atoms with van der Waals surface area (Å²) in [5.41, 5.74) is 1.21. The van der Waals surface area contributed by atoms with Gasteiger partial charge in [-0.1, -0.05) is 19.0 Å². The third kappa shape index (κ3) is 4.52. The minimum absolute atomic E-state index is 0.000808. The predicted octanol–water partition coefficient (Wildman–Crippen LogP) is 2.84. The molecule has 2 aromatic rings. The Kier molecular flexibility index (Phi) is 6.39. The van der Waals surface area contributed by atoms with E-state index in [1.165, 1.54) is 0 Å². The van der Waals surface area contributed by atoms with E-state index in [2.05, 4.69) is 29.3 Å². The standard InChI is InChI=1S/C21H31N5O3/c1-13(2)19-22-8-11-26(19)15(4)20(27)23-12-17-6-9-25(10-7-17)21(28)18-14(3)24-29-16(18)5/h8,11,13,15,17H,6-7,9-10,12H2,1-5H3,(H,23,27). The molecule has 8 heteroatoms. The SMILES string of the molecule is Cc1noc(C)c1C(=O)N1CCC(CNC(=O)C(C)n2ccnc2C(C)C)CC1. The van der Waals surface area contributed by atoms with E-state index in [4.69, 9.17) is 4.52 Å². The molecule has 0 aromatic carbocycles. The van der Waals surface area contributed by atoms with Crippen molar-refractivity contribution in [3.05, 3.63) is 35.2 Å². The zero-order chi connectivity index (χ0) is 21.1. The Labute approximate surface area is 171 Å². The number of rotatable bonds is 6. The molecule has 0 bridgehead atoms. The highest BCUT2D eigenvalue weighted by Crippen LogP contribution is 2.22. The molecule has 0 saturated carbocycles. The van der Waals surface area contributed by atoms with Crippen LogP contribution in [0.1, 0.15) is 73.2 Å². The van der Waals surface area contributed by atoms with E-state index in [0.29, 0.717) is 42.6 Å². The van der Waals surface area contributed by atoms with Crippen LogP contribution in [0, 0.1) is 19.8 Å². The van der Waals surface area contributed by atoms with Gasteiger partial charge in [0, 0.05) is 37.9 Å². The van der Waals surface area contributed by atoms with Crippen molar-refractivity contribution in [3.8, 4) is 0 Å². The van der Waals surface area contributed by atoms with Crippen molar-refractivity contribution < 1.29 is 14.1 Å². The summed E-state index contributed by atoms with van der Waals surface area (Å²) in [5.74, 6) is 2.10. The highest BCUT2D eigenvalue weighted by molar-refractivity contribution is 5.96. The van der Waals surface area contributed by atoms with Gasteiger partial charge in [0.05, 0.1) is 5.69 Å². The maximum absolute atomic E-state index is 12.7. The zero-order valence-electron chi connectivity index (χ0n) is 17.9. The van der Waals surface area contributed by atoms with E-state index in [9.17, 15) is 9.59 Å². The van der Waals surface area contributed by atoms with Gasteiger partial charge >= 0.3 is 0 Å². The summed E-state index contributed by atoms with van der Waals surface area (Å²) in [7, 11) is 0. The first-order valence-electron chi connectivity index (χ1n) is 10.3. The van der Waals surface area contributed by atoms with Gasteiger partial charge in [0.25, 0.3) is 5.91 Å². The van der Waals surface area contributed by atoms with Crippen molar-refractivity contribution in [2.75, 3.05) is 19.6 Å². The van der Waals surface area contributed by atoms with Crippen LogP contribution < -0.4 is 5.32 Å². The highest BCUT2D eigenvalue weighted by Gasteiger charge is 2.28. The molecule has 1 atom stereocenters. The molecule has 1 saturated heterocycles. The van der Waals surface area contributed by atoms with E-state index < -0.39 is 0 Å². The molecule has 1 unspecified atom stereocenters. The quantitative estimate of drug-likeness (QED) is 0.803. The lowest BCUT2D eigenvalue weighted by Gasteiger charge is -2.32. The smallest absolute Gasteiger partial charge is 0.259 e. The second kappa shape index (κ2) is 8.80. The van der Waals surface area contributed by atoms with Gasteiger partial charge in [0.1, 0.15) is 23.2 Å². The number of likely N-dealkylation sites (tertiary alicyclic amines) is 1. The fourth-order valence-electron chi connectivity index (χ4n) is 3.90. The maximum atomic E-state index is 12.7. The Morgan fingerprint density at radius 3 is 2.52 bits per heavy atom. The van der Waals surface area contributed by atoms with Crippen LogP contribution in [0.4, 0.5) is 0 Å². The molecule has 1 fully saturated rings. The third-order valence-corrected chi connectivity index (χ3v) is 5.73. The summed E-state index contributed by atoms with van der Waals surface area (Å²) >= 11 is 0. The maximum Gasteiger partial charge on any atom is 0.259 e. The Bertz CT molecular complexity index is 842. The molecule has 2 aromatic heterocycles. The Balaban J connectivity index is 1.49. The van der Waals surface area contributed by atoms with Gasteiger partial charge in [-0.25, -0.2) is 4.98 Å². The summed E-state index contributed by atoms with van der Waals surface area (Å²) < 4.78 is 7.05. The van der Waals surface area contributed by atoms with Crippen LogP contribution in [0.15, 0.2) is 16.9 Å². The molecule has 1 aliphatic rings. The van der Waals surface area contributed by atoms with E-state index in [1.54, 1.807) is 20.0 Å². The molecule has 1 aliphatic heterocycles. The van der Waals surface area contributed by atoms with Crippen LogP contribution in [0.5, 0.6) is 0 Å². The molecule has 1 N–H and O–H groups in total. The average Bonchev–Trinajstić information content (AvgIpc) is 3.32. The summed E-state index contributed by atoms with van der Waals surface area (Å²) in [5, 5.41) is 6.95. The van der Waals surface area contributed by atoms with Gasteiger partial charge in [-0.15, -0.1) is 0 Å². The normalized spacial score (nSPS) is 16.3. The molecular formula is C21H31N5O3. The molecular weight excluding hydrogens is 370 g/mol. The van der Waals surface area contributed by atoms with Crippen LogP contribution in [-0.4, -0.2) is 51.1 Å². The second-order valence-electron chi connectivity index (χ2n) is 8.20. The van der Waals surface area contributed by atoms with Gasteiger partial charge in [-0.2, -0.15) is 0 Å². The van der Waals surface area contributed by atoms with Gasteiger partial charge in [-0.05, 0) is 39.5 Å². The van der Waals surface area contributed by atoms with Crippen molar-refractivity contribution in [1.82, 2.24) is 24.9 Å². The predicted molar refractivity (Wildman–Crippen MR) is 109 cm³/mol. The van der Waals surface area contributed by atoms with Gasteiger partial charge in [0.2, 0.25) is 5.91 Å². The molecule has 0 aliphatic carbocycles. The number of imidazole rings is 1. The minimum Gasteiger partial charge on any atom is -0.361 e. The first-order valence-corrected chi connectivity index (χ1v) is 10.3. The number of carbonyl (C=O) groups excluding carboxylic acids is 2. The number of aryl methyl sites for hydroxylation is 2. The molecule has 2 amide bonds. The van der Waals surface area contributed by atoms with E-state index in [1.807, 2.05) is 22.6 Å². The Hall–Kier alpha value is -2.64. The number of nitrogens with one attached hydrogen (secondary N) is 1. The second-order valence-corrected chi connectivity index (χ2v) is 8.20. The van der Waals surface area contributed by atoms with Gasteiger partial charge < -0.3 is 19.3 Å². The summed E-state index contributed by atoms with van der Waals surface area (Å²) in [6.07, 6.45) is 5.33. The molecule has 0 radical (unpaired) electrons. The van der Waals surface area contributed by atoms with Gasteiger partial charge in [0.15, 0.2) is 0 Å². The minimum atomic E-state index is -0.295. The monoisotopic (exact) mass is 401 g/mol. The van der Waals surface area contributed by atoms with Crippen LogP contribution in [0.3, 0.4) is 0 Å². The van der Waals surface area contributed by atoms with Crippen LogP contribution >= 0.6 is 0 Å². The third-order valence-electron chi connectivity index (χ3n) is 5.73. The lowest BCUT2D eigenvalue weighted by atomic mass is 9.96. The summed E-state index contributed by atoms with van der Waals surface area (Å²) in [6, 6.07) is -0.295. The number of amides is 2. The lowest BCUT2D eigenvalue weighted by Crippen LogP contribution is -2.42. The van der Waals surface area contributed by atoms with Crippen molar-refractivity contribution >= 4 is 11.8 Å². The first-order chi connectivity index (χ1) is 13.8. The number of hydrogen-bond donors (Lipinski definition) is 1. The van der Waals surface area contributed by atoms with Crippen molar-refractivity contribution in [3.63, 3.8) is 0 Å². The largest absolute Gasteiger partial charge is 0.361 e. The van der Waals surface area contributed by atoms with Crippen LogP contribution in [0.2, 0.25) is 0 Å².